The Morgan fingerprint density at radius 1 is 1.05 bits per heavy atom. The van der Waals surface area contributed by atoms with Gasteiger partial charge in [-0.05, 0) is 37.6 Å². The first-order valence-electron chi connectivity index (χ1n) is 7.30. The van der Waals surface area contributed by atoms with E-state index in [-0.39, 0.29) is 0 Å². The van der Waals surface area contributed by atoms with Gasteiger partial charge in [0.15, 0.2) is 0 Å². The topological polar surface area (TPSA) is 12.0 Å². The predicted octanol–water partition coefficient (Wildman–Crippen LogP) is 4.81. The molecule has 0 saturated carbocycles. The molecule has 1 N–H and O–H groups in total. The van der Waals surface area contributed by atoms with Crippen LogP contribution in [0.3, 0.4) is 0 Å². The van der Waals surface area contributed by atoms with Gasteiger partial charge in [0.25, 0.3) is 0 Å². The molecule has 4 heteroatoms. The summed E-state index contributed by atoms with van der Waals surface area (Å²) < 4.78 is 37.4. The van der Waals surface area contributed by atoms with Gasteiger partial charge in [-0.1, -0.05) is 44.7 Å². The smallest absolute Gasteiger partial charge is 0.317 e. The van der Waals surface area contributed by atoms with Crippen molar-refractivity contribution in [1.82, 2.24) is 5.32 Å². The Morgan fingerprint density at radius 2 is 1.70 bits per heavy atom. The van der Waals surface area contributed by atoms with Crippen molar-refractivity contribution in [2.24, 2.45) is 0 Å². The van der Waals surface area contributed by atoms with Crippen LogP contribution >= 0.6 is 0 Å². The number of benzene rings is 1. The number of halogens is 3. The fraction of sp³-hybridized carbons (Fsp3) is 0.625. The molecule has 0 bridgehead atoms. The van der Waals surface area contributed by atoms with E-state index in [0.717, 1.165) is 18.4 Å². The molecule has 1 rings (SSSR count). The lowest BCUT2D eigenvalue weighted by Gasteiger charge is -2.16. The van der Waals surface area contributed by atoms with Crippen molar-refractivity contribution in [1.29, 1.82) is 0 Å². The van der Waals surface area contributed by atoms with Gasteiger partial charge in [-0.3, -0.25) is 0 Å². The van der Waals surface area contributed by atoms with E-state index in [4.69, 9.17) is 0 Å². The van der Waals surface area contributed by atoms with Crippen molar-refractivity contribution in [3.8, 4) is 0 Å². The second-order valence-corrected chi connectivity index (χ2v) is 5.23. The molecule has 1 unspecified atom stereocenters. The monoisotopic (exact) mass is 287 g/mol. The number of hydrogen-bond acceptors (Lipinski definition) is 1. The van der Waals surface area contributed by atoms with Crippen molar-refractivity contribution in [3.05, 3.63) is 35.4 Å². The largest absolute Gasteiger partial charge is 0.416 e. The zero-order chi connectivity index (χ0) is 15.0. The van der Waals surface area contributed by atoms with Crippen LogP contribution in [0.4, 0.5) is 13.2 Å². The van der Waals surface area contributed by atoms with Gasteiger partial charge in [0.2, 0.25) is 0 Å². The Labute approximate surface area is 119 Å². The summed E-state index contributed by atoms with van der Waals surface area (Å²) in [4.78, 5) is 0. The van der Waals surface area contributed by atoms with Crippen LogP contribution in [0.15, 0.2) is 24.3 Å². The van der Waals surface area contributed by atoms with E-state index in [1.165, 1.54) is 37.8 Å². The van der Waals surface area contributed by atoms with Gasteiger partial charge in [0, 0.05) is 6.04 Å². The van der Waals surface area contributed by atoms with Crippen LogP contribution in [-0.4, -0.2) is 13.1 Å². The minimum atomic E-state index is -4.25. The first-order chi connectivity index (χ1) is 9.47. The third-order valence-electron chi connectivity index (χ3n) is 3.58. The minimum absolute atomic E-state index is 0.337. The predicted molar refractivity (Wildman–Crippen MR) is 76.8 cm³/mol. The highest BCUT2D eigenvalue weighted by Crippen LogP contribution is 2.29. The van der Waals surface area contributed by atoms with Crippen LogP contribution in [-0.2, 0) is 12.6 Å². The van der Waals surface area contributed by atoms with E-state index >= 15 is 0 Å². The van der Waals surface area contributed by atoms with Gasteiger partial charge >= 0.3 is 6.18 Å². The first-order valence-corrected chi connectivity index (χ1v) is 7.30. The van der Waals surface area contributed by atoms with E-state index < -0.39 is 11.7 Å². The van der Waals surface area contributed by atoms with E-state index in [1.54, 1.807) is 12.1 Å². The SMILES string of the molecule is CCCCCCC(Cc1ccc(C(F)(F)F)cc1)NC. The molecule has 1 aromatic rings. The Hall–Kier alpha value is -1.03. The van der Waals surface area contributed by atoms with Crippen LogP contribution in [0.2, 0.25) is 0 Å². The molecule has 0 heterocycles. The molecule has 0 aliphatic carbocycles. The van der Waals surface area contributed by atoms with Crippen LogP contribution in [0.1, 0.15) is 50.2 Å². The summed E-state index contributed by atoms with van der Waals surface area (Å²) in [7, 11) is 1.91. The van der Waals surface area contributed by atoms with Gasteiger partial charge < -0.3 is 5.32 Å². The highest BCUT2D eigenvalue weighted by atomic mass is 19.4. The summed E-state index contributed by atoms with van der Waals surface area (Å²) in [5.74, 6) is 0. The van der Waals surface area contributed by atoms with Crippen LogP contribution in [0.25, 0.3) is 0 Å². The molecule has 20 heavy (non-hydrogen) atoms. The normalized spacial score (nSPS) is 13.4. The lowest BCUT2D eigenvalue weighted by molar-refractivity contribution is -0.137. The lowest BCUT2D eigenvalue weighted by atomic mass is 9.99. The second-order valence-electron chi connectivity index (χ2n) is 5.23. The fourth-order valence-corrected chi connectivity index (χ4v) is 2.28. The summed E-state index contributed by atoms with van der Waals surface area (Å²) in [5.41, 5.74) is 0.373. The Bertz CT molecular complexity index is 370. The first kappa shape index (κ1) is 17.0. The molecule has 0 radical (unpaired) electrons. The summed E-state index contributed by atoms with van der Waals surface area (Å²) in [6, 6.07) is 5.83. The summed E-state index contributed by atoms with van der Waals surface area (Å²) >= 11 is 0. The number of unbranched alkanes of at least 4 members (excludes halogenated alkanes) is 3. The van der Waals surface area contributed by atoms with E-state index in [2.05, 4.69) is 12.2 Å². The van der Waals surface area contributed by atoms with Gasteiger partial charge in [-0.25, -0.2) is 0 Å². The Kier molecular flexibility index (Phi) is 7.06. The van der Waals surface area contributed by atoms with Gasteiger partial charge in [-0.15, -0.1) is 0 Å². The maximum atomic E-state index is 12.5. The van der Waals surface area contributed by atoms with Crippen LogP contribution in [0, 0.1) is 0 Å². The average Bonchev–Trinajstić information content (AvgIpc) is 2.42. The molecule has 1 aromatic carbocycles. The zero-order valence-electron chi connectivity index (χ0n) is 12.3. The standard InChI is InChI=1S/C16H24F3N/c1-3-4-5-6-7-15(20-2)12-13-8-10-14(11-9-13)16(17,18)19/h8-11,15,20H,3-7,12H2,1-2H3. The molecule has 1 nitrogen and oxygen atoms in total. The third-order valence-corrected chi connectivity index (χ3v) is 3.58. The summed E-state index contributed by atoms with van der Waals surface area (Å²) in [6.07, 6.45) is 2.45. The molecule has 0 amide bonds. The van der Waals surface area contributed by atoms with Gasteiger partial charge in [0.05, 0.1) is 5.56 Å². The van der Waals surface area contributed by atoms with Crippen LogP contribution in [0.5, 0.6) is 0 Å². The summed E-state index contributed by atoms with van der Waals surface area (Å²) in [6.45, 7) is 2.18. The number of likely N-dealkylation sites (N-methyl/N-ethyl adjacent to an activating group) is 1. The van der Waals surface area contributed by atoms with E-state index in [9.17, 15) is 13.2 Å². The Morgan fingerprint density at radius 3 is 2.20 bits per heavy atom. The quantitative estimate of drug-likeness (QED) is 0.677. The molecule has 0 saturated heterocycles. The van der Waals surface area contributed by atoms with Crippen LogP contribution < -0.4 is 5.32 Å². The van der Waals surface area contributed by atoms with Crippen molar-refractivity contribution >= 4 is 0 Å². The molecule has 0 aromatic heterocycles. The van der Waals surface area contributed by atoms with E-state index in [0.29, 0.717) is 6.04 Å². The molecule has 114 valence electrons. The molecule has 0 aliphatic heterocycles. The second kappa shape index (κ2) is 8.30. The highest BCUT2D eigenvalue weighted by molar-refractivity contribution is 5.25. The number of alkyl halides is 3. The number of hydrogen-bond donors (Lipinski definition) is 1. The average molecular weight is 287 g/mol. The molecular formula is C16H24F3N. The van der Waals surface area contributed by atoms with Crippen molar-refractivity contribution in [2.75, 3.05) is 7.05 Å². The lowest BCUT2D eigenvalue weighted by Crippen LogP contribution is -2.27. The van der Waals surface area contributed by atoms with Crippen molar-refractivity contribution in [3.63, 3.8) is 0 Å². The zero-order valence-corrected chi connectivity index (χ0v) is 12.3. The molecule has 1 atom stereocenters. The minimum Gasteiger partial charge on any atom is -0.317 e. The van der Waals surface area contributed by atoms with E-state index in [1.807, 2.05) is 7.05 Å². The van der Waals surface area contributed by atoms with Crippen molar-refractivity contribution < 1.29 is 13.2 Å². The van der Waals surface area contributed by atoms with Crippen molar-refractivity contribution in [2.45, 2.75) is 57.7 Å². The van der Waals surface area contributed by atoms with Gasteiger partial charge in [-0.2, -0.15) is 13.2 Å². The molecular weight excluding hydrogens is 263 g/mol. The maximum Gasteiger partial charge on any atom is 0.416 e. The fourth-order valence-electron chi connectivity index (χ4n) is 2.28. The molecule has 0 spiro atoms. The van der Waals surface area contributed by atoms with Gasteiger partial charge in [0.1, 0.15) is 0 Å². The highest BCUT2D eigenvalue weighted by Gasteiger charge is 2.29. The maximum absolute atomic E-state index is 12.5. The Balaban J connectivity index is 2.49. The number of rotatable bonds is 8. The summed E-state index contributed by atoms with van der Waals surface area (Å²) in [5, 5.41) is 3.25. The molecule has 0 aliphatic rings. The molecule has 0 fully saturated rings. The number of nitrogens with one attached hydrogen (secondary N) is 1. The third kappa shape index (κ3) is 5.95.